The SMILES string of the molecule is COc1ccc(CN2CC(C)C(C(=O)O)C2)cc1C. The summed E-state index contributed by atoms with van der Waals surface area (Å²) in [6.07, 6.45) is 0. The first-order chi connectivity index (χ1) is 9.01. The monoisotopic (exact) mass is 263 g/mol. The van der Waals surface area contributed by atoms with Gasteiger partial charge in [0.2, 0.25) is 0 Å². The first kappa shape index (κ1) is 13.9. The minimum Gasteiger partial charge on any atom is -0.496 e. The van der Waals surface area contributed by atoms with Crippen molar-refractivity contribution >= 4 is 5.97 Å². The molecule has 1 saturated heterocycles. The van der Waals surface area contributed by atoms with Gasteiger partial charge in [0.05, 0.1) is 13.0 Å². The molecule has 19 heavy (non-hydrogen) atoms. The molecule has 0 amide bonds. The fraction of sp³-hybridized carbons (Fsp3) is 0.533. The predicted molar refractivity (Wildman–Crippen MR) is 73.3 cm³/mol. The molecule has 0 spiro atoms. The summed E-state index contributed by atoms with van der Waals surface area (Å²) in [4.78, 5) is 13.3. The number of rotatable bonds is 4. The molecule has 104 valence electrons. The molecule has 0 bridgehead atoms. The number of nitrogens with zero attached hydrogens (tertiary/aromatic N) is 1. The molecule has 1 fully saturated rings. The van der Waals surface area contributed by atoms with Crippen LogP contribution in [-0.2, 0) is 11.3 Å². The van der Waals surface area contributed by atoms with Crippen LogP contribution in [0.5, 0.6) is 5.75 Å². The fourth-order valence-corrected chi connectivity index (χ4v) is 2.81. The molecule has 2 atom stereocenters. The van der Waals surface area contributed by atoms with E-state index in [-0.39, 0.29) is 11.8 Å². The first-order valence-electron chi connectivity index (χ1n) is 6.60. The van der Waals surface area contributed by atoms with Gasteiger partial charge in [0.25, 0.3) is 0 Å². The third-order valence-electron chi connectivity index (χ3n) is 3.87. The molecule has 1 heterocycles. The molecular weight excluding hydrogens is 242 g/mol. The fourth-order valence-electron chi connectivity index (χ4n) is 2.81. The molecule has 1 aliphatic heterocycles. The van der Waals surface area contributed by atoms with E-state index in [0.29, 0.717) is 6.54 Å². The summed E-state index contributed by atoms with van der Waals surface area (Å²) in [5.41, 5.74) is 2.32. The molecule has 1 aliphatic rings. The van der Waals surface area contributed by atoms with Crippen LogP contribution in [0.1, 0.15) is 18.1 Å². The molecule has 1 aromatic carbocycles. The van der Waals surface area contributed by atoms with Crippen LogP contribution in [0.4, 0.5) is 0 Å². The Morgan fingerprint density at radius 1 is 1.47 bits per heavy atom. The van der Waals surface area contributed by atoms with Crippen molar-refractivity contribution in [1.82, 2.24) is 4.90 Å². The molecule has 4 heteroatoms. The zero-order chi connectivity index (χ0) is 14.0. The molecule has 1 aromatic rings. The van der Waals surface area contributed by atoms with E-state index in [1.54, 1.807) is 7.11 Å². The van der Waals surface area contributed by atoms with Crippen LogP contribution < -0.4 is 4.74 Å². The Labute approximate surface area is 114 Å². The van der Waals surface area contributed by atoms with E-state index in [1.807, 2.05) is 26.0 Å². The Hall–Kier alpha value is -1.55. The molecule has 4 nitrogen and oxygen atoms in total. The number of carboxylic acids is 1. The molecular formula is C15H21NO3. The van der Waals surface area contributed by atoms with Gasteiger partial charge in [-0.25, -0.2) is 0 Å². The summed E-state index contributed by atoms with van der Waals surface area (Å²) < 4.78 is 5.24. The second kappa shape index (κ2) is 5.61. The van der Waals surface area contributed by atoms with Gasteiger partial charge in [0.15, 0.2) is 0 Å². The van der Waals surface area contributed by atoms with Crippen LogP contribution in [-0.4, -0.2) is 36.2 Å². The molecule has 0 aliphatic carbocycles. The van der Waals surface area contributed by atoms with Gasteiger partial charge in [0.1, 0.15) is 5.75 Å². The number of hydrogen-bond acceptors (Lipinski definition) is 3. The Morgan fingerprint density at radius 2 is 2.21 bits per heavy atom. The highest BCUT2D eigenvalue weighted by Crippen LogP contribution is 2.26. The Bertz CT molecular complexity index is 472. The van der Waals surface area contributed by atoms with E-state index in [2.05, 4.69) is 11.0 Å². The summed E-state index contributed by atoms with van der Waals surface area (Å²) in [5.74, 6) is 0.194. The highest BCUT2D eigenvalue weighted by molar-refractivity contribution is 5.71. The number of benzene rings is 1. The molecule has 0 aromatic heterocycles. The number of likely N-dealkylation sites (tertiary alicyclic amines) is 1. The second-order valence-electron chi connectivity index (χ2n) is 5.42. The van der Waals surface area contributed by atoms with Gasteiger partial charge in [-0.1, -0.05) is 19.1 Å². The van der Waals surface area contributed by atoms with E-state index in [4.69, 9.17) is 9.84 Å². The summed E-state index contributed by atoms with van der Waals surface area (Å²) in [6.45, 7) is 6.33. The van der Waals surface area contributed by atoms with Crippen LogP contribution in [0, 0.1) is 18.8 Å². The van der Waals surface area contributed by atoms with E-state index < -0.39 is 5.97 Å². The lowest BCUT2D eigenvalue weighted by atomic mass is 9.99. The zero-order valence-corrected chi connectivity index (χ0v) is 11.7. The Kier molecular flexibility index (Phi) is 4.10. The molecule has 1 N–H and O–H groups in total. The number of aryl methyl sites for hydroxylation is 1. The number of aliphatic carboxylic acids is 1. The average Bonchev–Trinajstić information content (AvgIpc) is 2.70. The van der Waals surface area contributed by atoms with E-state index in [0.717, 1.165) is 24.4 Å². The van der Waals surface area contributed by atoms with Crippen LogP contribution >= 0.6 is 0 Å². The van der Waals surface area contributed by atoms with Crippen LogP contribution in [0.25, 0.3) is 0 Å². The lowest BCUT2D eigenvalue weighted by Crippen LogP contribution is -2.23. The topological polar surface area (TPSA) is 49.8 Å². The van der Waals surface area contributed by atoms with Gasteiger partial charge in [-0.05, 0) is 30.0 Å². The van der Waals surface area contributed by atoms with Gasteiger partial charge in [-0.3, -0.25) is 9.69 Å². The standard InChI is InChI=1S/C15H21NO3/c1-10-6-12(4-5-14(10)19-3)8-16-7-11(2)13(9-16)15(17)18/h4-6,11,13H,7-9H2,1-3H3,(H,17,18). The van der Waals surface area contributed by atoms with Crippen LogP contribution in [0.15, 0.2) is 18.2 Å². The third kappa shape index (κ3) is 3.07. The summed E-state index contributed by atoms with van der Waals surface area (Å²) in [5, 5.41) is 9.14. The maximum absolute atomic E-state index is 11.1. The zero-order valence-electron chi connectivity index (χ0n) is 11.7. The lowest BCUT2D eigenvalue weighted by molar-refractivity contribution is -0.142. The van der Waals surface area contributed by atoms with Crippen molar-refractivity contribution in [1.29, 1.82) is 0 Å². The molecule has 0 radical (unpaired) electrons. The van der Waals surface area contributed by atoms with Crippen molar-refractivity contribution < 1.29 is 14.6 Å². The highest BCUT2D eigenvalue weighted by atomic mass is 16.5. The third-order valence-corrected chi connectivity index (χ3v) is 3.87. The van der Waals surface area contributed by atoms with E-state index in [9.17, 15) is 4.79 Å². The number of hydrogen-bond donors (Lipinski definition) is 1. The average molecular weight is 263 g/mol. The van der Waals surface area contributed by atoms with Gasteiger partial charge in [-0.2, -0.15) is 0 Å². The second-order valence-corrected chi connectivity index (χ2v) is 5.42. The Balaban J connectivity index is 2.03. The van der Waals surface area contributed by atoms with Crippen molar-refractivity contribution in [3.63, 3.8) is 0 Å². The maximum Gasteiger partial charge on any atom is 0.308 e. The van der Waals surface area contributed by atoms with Crippen LogP contribution in [0.3, 0.4) is 0 Å². The minimum absolute atomic E-state index is 0.219. The van der Waals surface area contributed by atoms with Gasteiger partial charge in [0, 0.05) is 19.6 Å². The smallest absolute Gasteiger partial charge is 0.308 e. The summed E-state index contributed by atoms with van der Waals surface area (Å²) in [6, 6.07) is 6.13. The molecule has 0 saturated carbocycles. The maximum atomic E-state index is 11.1. The lowest BCUT2D eigenvalue weighted by Gasteiger charge is -2.16. The van der Waals surface area contributed by atoms with Gasteiger partial charge in [-0.15, -0.1) is 0 Å². The summed E-state index contributed by atoms with van der Waals surface area (Å²) in [7, 11) is 1.67. The quantitative estimate of drug-likeness (QED) is 0.904. The molecule has 2 rings (SSSR count). The minimum atomic E-state index is -0.680. The normalized spacial score (nSPS) is 23.5. The van der Waals surface area contributed by atoms with Gasteiger partial charge < -0.3 is 9.84 Å². The van der Waals surface area contributed by atoms with E-state index in [1.165, 1.54) is 5.56 Å². The first-order valence-corrected chi connectivity index (χ1v) is 6.60. The van der Waals surface area contributed by atoms with Crippen LogP contribution in [0.2, 0.25) is 0 Å². The highest BCUT2D eigenvalue weighted by Gasteiger charge is 2.34. The van der Waals surface area contributed by atoms with Crippen molar-refractivity contribution in [2.75, 3.05) is 20.2 Å². The van der Waals surface area contributed by atoms with Crippen molar-refractivity contribution in [2.24, 2.45) is 11.8 Å². The molecule has 2 unspecified atom stereocenters. The van der Waals surface area contributed by atoms with Gasteiger partial charge >= 0.3 is 5.97 Å². The Morgan fingerprint density at radius 3 is 2.74 bits per heavy atom. The number of carboxylic acid groups (broad SMARTS) is 1. The van der Waals surface area contributed by atoms with Crippen molar-refractivity contribution in [3.05, 3.63) is 29.3 Å². The predicted octanol–water partition coefficient (Wildman–Crippen LogP) is 2.16. The number of ether oxygens (including phenoxy) is 1. The number of carbonyl (C=O) groups is 1. The summed E-state index contributed by atoms with van der Waals surface area (Å²) >= 11 is 0. The van der Waals surface area contributed by atoms with Crippen molar-refractivity contribution in [2.45, 2.75) is 20.4 Å². The largest absolute Gasteiger partial charge is 0.496 e. The van der Waals surface area contributed by atoms with Crippen molar-refractivity contribution in [3.8, 4) is 5.75 Å². The van der Waals surface area contributed by atoms with E-state index >= 15 is 0 Å². The number of methoxy groups -OCH3 is 1.